The number of thioether (sulfide) groups is 1. The van der Waals surface area contributed by atoms with Gasteiger partial charge in [-0.2, -0.15) is 11.8 Å². The first-order valence-electron chi connectivity index (χ1n) is 9.64. The van der Waals surface area contributed by atoms with Crippen LogP contribution in [0.4, 0.5) is 11.4 Å². The predicted molar refractivity (Wildman–Crippen MR) is 121 cm³/mol. The summed E-state index contributed by atoms with van der Waals surface area (Å²) >= 11 is 1.74. The Balaban J connectivity index is 1.54. The summed E-state index contributed by atoms with van der Waals surface area (Å²) in [6.07, 6.45) is 2.05. The molecule has 1 heterocycles. The molecule has 4 rings (SSSR count). The van der Waals surface area contributed by atoms with E-state index in [9.17, 15) is 9.59 Å². The molecule has 0 radical (unpaired) electrons. The maximum Gasteiger partial charge on any atom is 0.265 e. The smallest absolute Gasteiger partial charge is 0.265 e. The monoisotopic (exact) mass is 418 g/mol. The van der Waals surface area contributed by atoms with E-state index in [0.717, 1.165) is 11.3 Å². The lowest BCUT2D eigenvalue weighted by Gasteiger charge is -2.30. The molecule has 2 amide bonds. The lowest BCUT2D eigenvalue weighted by atomic mass is 10.1. The summed E-state index contributed by atoms with van der Waals surface area (Å²) in [6, 6.07) is 22.7. The van der Waals surface area contributed by atoms with E-state index >= 15 is 0 Å². The Kier molecular flexibility index (Phi) is 6.05. The third-order valence-corrected chi connectivity index (χ3v) is 5.49. The van der Waals surface area contributed by atoms with Crippen LogP contribution in [0.15, 0.2) is 72.8 Å². The average molecular weight is 419 g/mol. The Labute approximate surface area is 180 Å². The van der Waals surface area contributed by atoms with Crippen molar-refractivity contribution >= 4 is 35.0 Å². The summed E-state index contributed by atoms with van der Waals surface area (Å²) in [7, 11) is 0. The van der Waals surface area contributed by atoms with Gasteiger partial charge < -0.3 is 15.0 Å². The number of anilines is 2. The van der Waals surface area contributed by atoms with Gasteiger partial charge in [0, 0.05) is 17.0 Å². The summed E-state index contributed by atoms with van der Waals surface area (Å²) in [5.74, 6) is 1.24. The molecule has 0 atom stereocenters. The minimum atomic E-state index is -0.191. The number of carbonyl (C=O) groups is 2. The maximum absolute atomic E-state index is 12.7. The molecule has 0 fully saturated rings. The molecule has 1 aliphatic rings. The fourth-order valence-corrected chi connectivity index (χ4v) is 3.87. The molecule has 30 heavy (non-hydrogen) atoms. The largest absolute Gasteiger partial charge is 0.482 e. The van der Waals surface area contributed by atoms with E-state index in [1.807, 2.05) is 60.9 Å². The molecule has 0 unspecified atom stereocenters. The van der Waals surface area contributed by atoms with Gasteiger partial charge >= 0.3 is 0 Å². The molecule has 152 valence electrons. The number of benzene rings is 3. The Morgan fingerprint density at radius 3 is 2.53 bits per heavy atom. The van der Waals surface area contributed by atoms with Crippen molar-refractivity contribution in [3.8, 4) is 5.75 Å². The topological polar surface area (TPSA) is 58.6 Å². The number of fused-ring (bicyclic) bond motifs is 1. The van der Waals surface area contributed by atoms with E-state index in [1.54, 1.807) is 34.9 Å². The molecule has 0 saturated heterocycles. The van der Waals surface area contributed by atoms with Crippen LogP contribution in [0.2, 0.25) is 0 Å². The average Bonchev–Trinajstić information content (AvgIpc) is 2.77. The Morgan fingerprint density at radius 1 is 1.03 bits per heavy atom. The second kappa shape index (κ2) is 9.05. The molecule has 0 saturated carbocycles. The third kappa shape index (κ3) is 4.49. The first-order valence-corrected chi connectivity index (χ1v) is 11.0. The minimum absolute atomic E-state index is 0.00787. The quantitative estimate of drug-likeness (QED) is 0.629. The van der Waals surface area contributed by atoms with Crippen molar-refractivity contribution in [3.05, 3.63) is 89.5 Å². The van der Waals surface area contributed by atoms with Crippen molar-refractivity contribution in [1.29, 1.82) is 0 Å². The zero-order valence-electron chi connectivity index (χ0n) is 16.6. The molecule has 1 N–H and O–H groups in total. The Morgan fingerprint density at radius 2 is 1.80 bits per heavy atom. The summed E-state index contributed by atoms with van der Waals surface area (Å²) < 4.78 is 5.58. The van der Waals surface area contributed by atoms with Gasteiger partial charge in [0.25, 0.3) is 11.8 Å². The first-order chi connectivity index (χ1) is 14.6. The van der Waals surface area contributed by atoms with Crippen LogP contribution in [-0.4, -0.2) is 24.7 Å². The van der Waals surface area contributed by atoms with Crippen LogP contribution in [-0.2, 0) is 17.1 Å². The highest BCUT2D eigenvalue weighted by Gasteiger charge is 2.26. The molecule has 0 bridgehead atoms. The number of hydrogen-bond donors (Lipinski definition) is 1. The number of amides is 2. The van der Waals surface area contributed by atoms with E-state index in [4.69, 9.17) is 4.74 Å². The van der Waals surface area contributed by atoms with Gasteiger partial charge in [0.05, 0.1) is 12.2 Å². The van der Waals surface area contributed by atoms with Crippen LogP contribution in [0.3, 0.4) is 0 Å². The van der Waals surface area contributed by atoms with Crippen LogP contribution < -0.4 is 15.0 Å². The molecule has 0 aliphatic carbocycles. The molecule has 1 aliphatic heterocycles. The van der Waals surface area contributed by atoms with E-state index < -0.39 is 0 Å². The fraction of sp³-hybridized carbons (Fsp3) is 0.167. The van der Waals surface area contributed by atoms with Gasteiger partial charge in [-0.15, -0.1) is 0 Å². The number of ether oxygens (including phenoxy) is 1. The van der Waals surface area contributed by atoms with Gasteiger partial charge in [-0.1, -0.05) is 42.5 Å². The standard InChI is InChI=1S/C24H22N2O3S/c1-30-16-18-7-9-19(10-8-18)24(28)25-20-11-12-22-21(13-20)26(23(27)15-29-22)14-17-5-3-2-4-6-17/h2-13H,14-16H2,1H3,(H,25,28). The van der Waals surface area contributed by atoms with Gasteiger partial charge in [0.15, 0.2) is 6.61 Å². The van der Waals surface area contributed by atoms with Crippen LogP contribution in [0, 0.1) is 0 Å². The fourth-order valence-electron chi connectivity index (χ4n) is 3.34. The number of carbonyl (C=O) groups excluding carboxylic acids is 2. The number of nitrogens with one attached hydrogen (secondary N) is 1. The number of rotatable bonds is 6. The molecule has 0 spiro atoms. The molecular weight excluding hydrogens is 396 g/mol. The molecule has 5 nitrogen and oxygen atoms in total. The molecule has 6 heteroatoms. The molecule has 3 aromatic carbocycles. The zero-order chi connectivity index (χ0) is 20.9. The second-order valence-electron chi connectivity index (χ2n) is 7.02. The summed E-state index contributed by atoms with van der Waals surface area (Å²) in [6.45, 7) is 0.457. The second-order valence-corrected chi connectivity index (χ2v) is 7.89. The van der Waals surface area contributed by atoms with Gasteiger partial charge in [0.2, 0.25) is 0 Å². The van der Waals surface area contributed by atoms with Gasteiger partial charge in [-0.25, -0.2) is 0 Å². The van der Waals surface area contributed by atoms with Crippen molar-refractivity contribution in [2.75, 3.05) is 23.1 Å². The van der Waals surface area contributed by atoms with E-state index in [2.05, 4.69) is 5.32 Å². The van der Waals surface area contributed by atoms with Crippen LogP contribution in [0.1, 0.15) is 21.5 Å². The zero-order valence-corrected chi connectivity index (χ0v) is 17.4. The van der Waals surface area contributed by atoms with E-state index in [-0.39, 0.29) is 18.4 Å². The Hall–Kier alpha value is -3.25. The van der Waals surface area contributed by atoms with Crippen molar-refractivity contribution in [2.24, 2.45) is 0 Å². The number of nitrogens with zero attached hydrogens (tertiary/aromatic N) is 1. The van der Waals surface area contributed by atoms with Gasteiger partial charge in [-0.05, 0) is 47.7 Å². The highest BCUT2D eigenvalue weighted by molar-refractivity contribution is 7.97. The van der Waals surface area contributed by atoms with Crippen molar-refractivity contribution in [2.45, 2.75) is 12.3 Å². The normalized spacial score (nSPS) is 12.8. The Bertz CT molecular complexity index is 1050. The maximum atomic E-state index is 12.7. The summed E-state index contributed by atoms with van der Waals surface area (Å²) in [4.78, 5) is 26.9. The SMILES string of the molecule is CSCc1ccc(C(=O)Nc2ccc3c(c2)N(Cc2ccccc2)C(=O)CO3)cc1. The summed E-state index contributed by atoms with van der Waals surface area (Å²) in [5, 5.41) is 2.92. The molecule has 3 aromatic rings. The highest BCUT2D eigenvalue weighted by Crippen LogP contribution is 2.35. The highest BCUT2D eigenvalue weighted by atomic mass is 32.2. The molecule has 0 aromatic heterocycles. The van der Waals surface area contributed by atoms with Gasteiger partial charge in [0.1, 0.15) is 5.75 Å². The van der Waals surface area contributed by atoms with Crippen LogP contribution >= 0.6 is 11.8 Å². The van der Waals surface area contributed by atoms with Crippen molar-refractivity contribution in [3.63, 3.8) is 0 Å². The van der Waals surface area contributed by atoms with Crippen LogP contribution in [0.5, 0.6) is 5.75 Å². The predicted octanol–water partition coefficient (Wildman–Crippen LogP) is 4.73. The first kappa shape index (κ1) is 20.0. The van der Waals surface area contributed by atoms with Crippen molar-refractivity contribution in [1.82, 2.24) is 0 Å². The van der Waals surface area contributed by atoms with E-state index in [1.165, 1.54) is 5.56 Å². The lowest BCUT2D eigenvalue weighted by Crippen LogP contribution is -2.38. The van der Waals surface area contributed by atoms with Crippen LogP contribution in [0.25, 0.3) is 0 Å². The van der Waals surface area contributed by atoms with Crippen molar-refractivity contribution < 1.29 is 14.3 Å². The molecular formula is C24H22N2O3S. The van der Waals surface area contributed by atoms with Gasteiger partial charge in [-0.3, -0.25) is 9.59 Å². The lowest BCUT2D eigenvalue weighted by molar-refractivity contribution is -0.121. The number of hydrogen-bond acceptors (Lipinski definition) is 4. The third-order valence-electron chi connectivity index (χ3n) is 4.87. The minimum Gasteiger partial charge on any atom is -0.482 e. The van der Waals surface area contributed by atoms with E-state index in [0.29, 0.717) is 29.2 Å². The summed E-state index contributed by atoms with van der Waals surface area (Å²) in [5.41, 5.74) is 4.07.